The number of carbonyl (C=O) groups excluding carboxylic acids is 3. The molecule has 1 aromatic heterocycles. The van der Waals surface area contributed by atoms with Crippen LogP contribution >= 0.6 is 23.4 Å². The highest BCUT2D eigenvalue weighted by Gasteiger charge is 2.36. The third-order valence-corrected chi connectivity index (χ3v) is 5.63. The van der Waals surface area contributed by atoms with Crippen LogP contribution in [0.2, 0.25) is 5.02 Å². The normalized spacial score (nSPS) is 15.0. The summed E-state index contributed by atoms with van der Waals surface area (Å²) in [5, 5.41) is 2.78. The van der Waals surface area contributed by atoms with E-state index in [0.29, 0.717) is 22.2 Å². The fraction of sp³-hybridized carbons (Fsp3) is 0.0870. The Morgan fingerprint density at radius 3 is 2.71 bits per heavy atom. The number of carbonyl (C=O) groups is 3. The molecule has 0 spiro atoms. The van der Waals surface area contributed by atoms with Gasteiger partial charge in [-0.05, 0) is 60.6 Å². The van der Waals surface area contributed by atoms with Gasteiger partial charge in [0, 0.05) is 22.3 Å². The van der Waals surface area contributed by atoms with Gasteiger partial charge in [-0.1, -0.05) is 35.9 Å². The van der Waals surface area contributed by atoms with Crippen LogP contribution in [0.1, 0.15) is 11.3 Å². The summed E-state index contributed by atoms with van der Waals surface area (Å²) in [4.78, 5) is 38.4. The molecule has 31 heavy (non-hydrogen) atoms. The van der Waals surface area contributed by atoms with Crippen LogP contribution in [-0.4, -0.2) is 28.5 Å². The van der Waals surface area contributed by atoms with Gasteiger partial charge in [-0.15, -0.1) is 0 Å². The molecule has 1 saturated heterocycles. The molecule has 1 aliphatic rings. The highest BCUT2D eigenvalue weighted by atomic mass is 35.5. The maximum Gasteiger partial charge on any atom is 0.294 e. The number of imide groups is 1. The summed E-state index contributed by atoms with van der Waals surface area (Å²) in [5.41, 5.74) is 2.40. The molecule has 0 atom stereocenters. The Labute approximate surface area is 187 Å². The van der Waals surface area contributed by atoms with Gasteiger partial charge in [0.2, 0.25) is 5.91 Å². The summed E-state index contributed by atoms with van der Waals surface area (Å²) < 4.78 is 5.77. The molecule has 0 unspecified atom stereocenters. The summed E-state index contributed by atoms with van der Waals surface area (Å²) in [5.74, 6) is 0.0284. The summed E-state index contributed by atoms with van der Waals surface area (Å²) in [6.45, 7) is 1.55. The van der Waals surface area contributed by atoms with E-state index in [9.17, 15) is 14.4 Å². The average molecular weight is 453 g/mol. The van der Waals surface area contributed by atoms with E-state index < -0.39 is 17.1 Å². The van der Waals surface area contributed by atoms with Gasteiger partial charge in [0.05, 0.1) is 4.91 Å². The largest absolute Gasteiger partial charge is 0.457 e. The van der Waals surface area contributed by atoms with E-state index in [1.54, 1.807) is 36.4 Å². The molecule has 1 fully saturated rings. The Morgan fingerprint density at radius 2 is 1.94 bits per heavy atom. The number of rotatable bonds is 5. The fourth-order valence-electron chi connectivity index (χ4n) is 3.06. The fourth-order valence-corrected chi connectivity index (χ4v) is 4.07. The van der Waals surface area contributed by atoms with Gasteiger partial charge in [0.15, 0.2) is 0 Å². The molecular formula is C23H17ClN2O4S. The van der Waals surface area contributed by atoms with Crippen molar-refractivity contribution in [3.63, 3.8) is 0 Å². The Kier molecular flexibility index (Phi) is 5.97. The van der Waals surface area contributed by atoms with Crippen molar-refractivity contribution < 1.29 is 18.8 Å². The molecule has 1 N–H and O–H groups in total. The molecule has 0 saturated carbocycles. The van der Waals surface area contributed by atoms with Gasteiger partial charge >= 0.3 is 0 Å². The lowest BCUT2D eigenvalue weighted by Crippen LogP contribution is -2.36. The second kappa shape index (κ2) is 8.83. The lowest BCUT2D eigenvalue weighted by molar-refractivity contribution is -0.127. The Bertz CT molecular complexity index is 1220. The predicted octanol–water partition coefficient (Wildman–Crippen LogP) is 5.58. The number of anilines is 1. The zero-order valence-electron chi connectivity index (χ0n) is 16.4. The number of aryl methyl sites for hydroxylation is 1. The molecule has 0 bridgehead atoms. The first-order valence-corrected chi connectivity index (χ1v) is 10.6. The quantitative estimate of drug-likeness (QED) is 0.511. The highest BCUT2D eigenvalue weighted by molar-refractivity contribution is 8.18. The molecule has 3 aromatic rings. The number of nitrogens with one attached hydrogen (secondary N) is 1. The van der Waals surface area contributed by atoms with Gasteiger partial charge in [0.25, 0.3) is 11.1 Å². The second-order valence-electron chi connectivity index (χ2n) is 6.90. The number of hydrogen-bond acceptors (Lipinski definition) is 5. The number of hydrogen-bond donors (Lipinski definition) is 1. The SMILES string of the molecule is Cc1cccc(NC(=O)CN2C(=O)S/C(=C\c3ccc(-c4cccc(Cl)c4)o3)C2=O)c1. The summed E-state index contributed by atoms with van der Waals surface area (Å²) >= 11 is 6.79. The Balaban J connectivity index is 1.45. The summed E-state index contributed by atoms with van der Waals surface area (Å²) in [6, 6.07) is 17.9. The topological polar surface area (TPSA) is 79.6 Å². The monoisotopic (exact) mass is 452 g/mol. The van der Waals surface area contributed by atoms with Gasteiger partial charge in [-0.3, -0.25) is 19.3 Å². The third kappa shape index (κ3) is 4.90. The first-order chi connectivity index (χ1) is 14.9. The number of thioether (sulfide) groups is 1. The van der Waals surface area contributed by atoms with Crippen molar-refractivity contribution >= 4 is 52.2 Å². The van der Waals surface area contributed by atoms with Crippen LogP contribution in [0.15, 0.2) is 70.0 Å². The van der Waals surface area contributed by atoms with Crippen LogP contribution in [0, 0.1) is 6.92 Å². The molecule has 156 valence electrons. The number of amides is 3. The molecule has 1 aliphatic heterocycles. The molecule has 3 amide bonds. The van der Waals surface area contributed by atoms with Crippen LogP contribution in [0.3, 0.4) is 0 Å². The van der Waals surface area contributed by atoms with Crippen LogP contribution in [0.4, 0.5) is 10.5 Å². The van der Waals surface area contributed by atoms with E-state index in [1.165, 1.54) is 6.08 Å². The van der Waals surface area contributed by atoms with Crippen molar-refractivity contribution in [1.29, 1.82) is 0 Å². The average Bonchev–Trinajstić information content (AvgIpc) is 3.29. The number of benzene rings is 2. The van der Waals surface area contributed by atoms with Crippen molar-refractivity contribution in [3.8, 4) is 11.3 Å². The maximum atomic E-state index is 12.7. The van der Waals surface area contributed by atoms with Crippen molar-refractivity contribution in [2.45, 2.75) is 6.92 Å². The first-order valence-electron chi connectivity index (χ1n) is 9.37. The molecule has 6 nitrogen and oxygen atoms in total. The first kappa shape index (κ1) is 21.0. The minimum absolute atomic E-state index is 0.195. The van der Waals surface area contributed by atoms with Crippen LogP contribution in [0.25, 0.3) is 17.4 Å². The molecule has 0 radical (unpaired) electrons. The van der Waals surface area contributed by atoms with Crippen molar-refractivity contribution in [1.82, 2.24) is 4.90 Å². The molecule has 4 rings (SSSR count). The Morgan fingerprint density at radius 1 is 1.13 bits per heavy atom. The molecular weight excluding hydrogens is 436 g/mol. The van der Waals surface area contributed by atoms with Crippen LogP contribution in [-0.2, 0) is 9.59 Å². The molecule has 8 heteroatoms. The van der Waals surface area contributed by atoms with Crippen LogP contribution < -0.4 is 5.32 Å². The standard InChI is InChI=1S/C23H17ClN2O4S/c1-14-4-2-7-17(10-14)25-21(27)13-26-22(28)20(31-23(26)29)12-18-8-9-19(30-18)15-5-3-6-16(24)11-15/h2-12H,13H2,1H3,(H,25,27)/b20-12-. The minimum atomic E-state index is -0.532. The van der Waals surface area contributed by atoms with Gasteiger partial charge in [-0.2, -0.15) is 0 Å². The molecule has 0 aliphatic carbocycles. The summed E-state index contributed by atoms with van der Waals surface area (Å²) in [7, 11) is 0. The van der Waals surface area contributed by atoms with E-state index in [0.717, 1.165) is 27.8 Å². The van der Waals surface area contributed by atoms with Crippen molar-refractivity contribution in [2.75, 3.05) is 11.9 Å². The molecule has 2 heterocycles. The second-order valence-corrected chi connectivity index (χ2v) is 8.33. The lowest BCUT2D eigenvalue weighted by Gasteiger charge is -2.12. The zero-order chi connectivity index (χ0) is 22.0. The molecule has 2 aromatic carbocycles. The van der Waals surface area contributed by atoms with Crippen molar-refractivity contribution in [3.05, 3.63) is 81.9 Å². The van der Waals surface area contributed by atoms with E-state index in [2.05, 4.69) is 5.32 Å². The lowest BCUT2D eigenvalue weighted by atomic mass is 10.2. The predicted molar refractivity (Wildman–Crippen MR) is 122 cm³/mol. The van der Waals surface area contributed by atoms with Gasteiger partial charge in [0.1, 0.15) is 18.1 Å². The van der Waals surface area contributed by atoms with E-state index in [1.807, 2.05) is 31.2 Å². The number of nitrogens with zero attached hydrogens (tertiary/aromatic N) is 1. The maximum absolute atomic E-state index is 12.7. The van der Waals surface area contributed by atoms with Gasteiger partial charge < -0.3 is 9.73 Å². The van der Waals surface area contributed by atoms with E-state index in [-0.39, 0.29) is 11.4 Å². The smallest absolute Gasteiger partial charge is 0.294 e. The third-order valence-electron chi connectivity index (χ3n) is 4.49. The zero-order valence-corrected chi connectivity index (χ0v) is 18.0. The number of furan rings is 1. The van der Waals surface area contributed by atoms with Crippen molar-refractivity contribution in [2.24, 2.45) is 0 Å². The minimum Gasteiger partial charge on any atom is -0.457 e. The summed E-state index contributed by atoms with van der Waals surface area (Å²) in [6.07, 6.45) is 1.50. The highest BCUT2D eigenvalue weighted by Crippen LogP contribution is 2.33. The Hall–Kier alpha value is -3.29. The van der Waals surface area contributed by atoms with E-state index in [4.69, 9.17) is 16.0 Å². The van der Waals surface area contributed by atoms with Crippen LogP contribution in [0.5, 0.6) is 0 Å². The number of halogens is 1. The van der Waals surface area contributed by atoms with E-state index >= 15 is 0 Å². The van der Waals surface area contributed by atoms with Gasteiger partial charge in [-0.25, -0.2) is 0 Å².